The van der Waals surface area contributed by atoms with E-state index in [-0.39, 0.29) is 42.1 Å². The largest absolute Gasteiger partial charge is 0.469 e. The summed E-state index contributed by atoms with van der Waals surface area (Å²) in [6.45, 7) is 10.5. The van der Waals surface area contributed by atoms with Gasteiger partial charge in [-0.1, -0.05) is 62.1 Å². The highest BCUT2D eigenvalue weighted by Crippen LogP contribution is 2.37. The molecule has 0 aromatic heterocycles. The standard InChI is InChI=1S/C34H56O6/c1-26(2)22-23-34(3,4)30(40-33-17-11-13-25-38-33)21-19-28-27(14-8-6-7-9-15-31(35)36-5)18-20-29(28)39-32-16-10-12-24-37-32/h18-19,21-22,28-30,32-33H,6-17,20,23-25H2,1-5H3/b21-19+/t28-,29-,30-,32?,33?/m1/s1. The molecule has 2 heterocycles. The van der Waals surface area contributed by atoms with Crippen molar-refractivity contribution in [1.82, 2.24) is 0 Å². The number of esters is 1. The van der Waals surface area contributed by atoms with Crippen LogP contribution >= 0.6 is 0 Å². The van der Waals surface area contributed by atoms with E-state index in [1.165, 1.54) is 24.7 Å². The third kappa shape index (κ3) is 11.4. The first-order valence-electron chi connectivity index (χ1n) is 15.9. The molecule has 0 saturated carbocycles. The Bertz CT molecular complexity index is 827. The molecule has 0 bridgehead atoms. The van der Waals surface area contributed by atoms with Gasteiger partial charge in [0.15, 0.2) is 12.6 Å². The summed E-state index contributed by atoms with van der Waals surface area (Å²) in [5.41, 5.74) is 2.72. The van der Waals surface area contributed by atoms with E-state index >= 15 is 0 Å². The van der Waals surface area contributed by atoms with Crippen LogP contribution in [-0.2, 0) is 28.5 Å². The molecule has 0 N–H and O–H groups in total. The zero-order valence-corrected chi connectivity index (χ0v) is 26.0. The van der Waals surface area contributed by atoms with E-state index in [9.17, 15) is 4.79 Å². The van der Waals surface area contributed by atoms with E-state index in [0.717, 1.165) is 90.3 Å². The van der Waals surface area contributed by atoms with Crippen molar-refractivity contribution >= 4 is 5.97 Å². The van der Waals surface area contributed by atoms with Crippen LogP contribution in [0.25, 0.3) is 0 Å². The zero-order valence-electron chi connectivity index (χ0n) is 26.0. The normalized spacial score (nSPS) is 26.5. The predicted molar refractivity (Wildman–Crippen MR) is 160 cm³/mol. The van der Waals surface area contributed by atoms with Crippen molar-refractivity contribution in [3.05, 3.63) is 35.5 Å². The fourth-order valence-electron chi connectivity index (χ4n) is 5.79. The number of allylic oxidation sites excluding steroid dienone is 2. The molecular formula is C34H56O6. The number of carbonyl (C=O) groups excluding carboxylic acids is 1. The van der Waals surface area contributed by atoms with Crippen molar-refractivity contribution in [3.8, 4) is 0 Å². The van der Waals surface area contributed by atoms with E-state index in [2.05, 4.69) is 52.0 Å². The van der Waals surface area contributed by atoms with Gasteiger partial charge in [-0.25, -0.2) is 0 Å². The first-order chi connectivity index (χ1) is 19.3. The maximum atomic E-state index is 11.4. The van der Waals surface area contributed by atoms with Crippen molar-refractivity contribution in [2.24, 2.45) is 11.3 Å². The lowest BCUT2D eigenvalue weighted by Crippen LogP contribution is -2.36. The van der Waals surface area contributed by atoms with Gasteiger partial charge in [0.05, 0.1) is 19.3 Å². The molecule has 40 heavy (non-hydrogen) atoms. The molecule has 6 heteroatoms. The number of methoxy groups -OCH3 is 1. The van der Waals surface area contributed by atoms with Crippen molar-refractivity contribution in [3.63, 3.8) is 0 Å². The molecule has 2 fully saturated rings. The maximum Gasteiger partial charge on any atom is 0.305 e. The molecule has 5 atom stereocenters. The molecule has 2 aliphatic heterocycles. The molecule has 0 aromatic rings. The Labute approximate surface area is 243 Å². The lowest BCUT2D eigenvalue weighted by molar-refractivity contribution is -0.197. The summed E-state index contributed by atoms with van der Waals surface area (Å²) in [5, 5.41) is 0. The topological polar surface area (TPSA) is 63.2 Å². The molecule has 2 saturated heterocycles. The van der Waals surface area contributed by atoms with Gasteiger partial charge in [-0.2, -0.15) is 0 Å². The average molecular weight is 561 g/mol. The third-order valence-electron chi connectivity index (χ3n) is 8.47. The second-order valence-corrected chi connectivity index (χ2v) is 12.7. The lowest BCUT2D eigenvalue weighted by atomic mass is 9.81. The first kappa shape index (κ1) is 33.0. The minimum atomic E-state index is -0.138. The molecule has 0 radical (unpaired) electrons. The van der Waals surface area contributed by atoms with Gasteiger partial charge in [0, 0.05) is 25.6 Å². The first-order valence-corrected chi connectivity index (χ1v) is 15.9. The highest BCUT2D eigenvalue weighted by atomic mass is 16.7. The number of ether oxygens (including phenoxy) is 5. The summed E-state index contributed by atoms with van der Waals surface area (Å²) < 4.78 is 30.0. The van der Waals surface area contributed by atoms with E-state index in [1.54, 1.807) is 0 Å². The summed E-state index contributed by atoms with van der Waals surface area (Å²) in [5.74, 6) is 0.106. The number of rotatable bonds is 16. The summed E-state index contributed by atoms with van der Waals surface area (Å²) in [6, 6.07) is 0. The number of carbonyl (C=O) groups is 1. The van der Waals surface area contributed by atoms with Gasteiger partial charge in [0.2, 0.25) is 0 Å². The van der Waals surface area contributed by atoms with Crippen LogP contribution < -0.4 is 0 Å². The van der Waals surface area contributed by atoms with E-state index in [0.29, 0.717) is 6.42 Å². The Morgan fingerprint density at radius 2 is 1.73 bits per heavy atom. The van der Waals surface area contributed by atoms with Crippen LogP contribution in [0.3, 0.4) is 0 Å². The molecule has 228 valence electrons. The highest BCUT2D eigenvalue weighted by molar-refractivity contribution is 5.68. The highest BCUT2D eigenvalue weighted by Gasteiger charge is 2.34. The van der Waals surface area contributed by atoms with Crippen molar-refractivity contribution in [1.29, 1.82) is 0 Å². The molecular weight excluding hydrogens is 504 g/mol. The fourth-order valence-corrected chi connectivity index (χ4v) is 5.79. The Morgan fingerprint density at radius 3 is 2.38 bits per heavy atom. The molecule has 3 aliphatic rings. The average Bonchev–Trinajstić information content (AvgIpc) is 3.33. The quantitative estimate of drug-likeness (QED) is 0.108. The molecule has 0 aromatic carbocycles. The molecule has 2 unspecified atom stereocenters. The summed E-state index contributed by atoms with van der Waals surface area (Å²) in [4.78, 5) is 11.4. The van der Waals surface area contributed by atoms with E-state index in [4.69, 9.17) is 23.7 Å². The number of hydrogen-bond donors (Lipinski definition) is 0. The SMILES string of the molecule is COC(=O)CCCCCCC1=CC[C@@H](OC2CCCCO2)[C@@H]1/C=C/[C@@H](OC1CCCCO1)C(C)(C)CC=C(C)C. The van der Waals surface area contributed by atoms with Crippen LogP contribution in [0.4, 0.5) is 0 Å². The van der Waals surface area contributed by atoms with Crippen LogP contribution in [0.2, 0.25) is 0 Å². The lowest BCUT2D eigenvalue weighted by Gasteiger charge is -2.36. The van der Waals surface area contributed by atoms with Gasteiger partial charge < -0.3 is 23.7 Å². The summed E-state index contributed by atoms with van der Waals surface area (Å²) in [6.07, 6.45) is 23.3. The Morgan fingerprint density at radius 1 is 1.02 bits per heavy atom. The third-order valence-corrected chi connectivity index (χ3v) is 8.47. The number of unbranched alkanes of at least 4 members (excludes halogenated alkanes) is 3. The van der Waals surface area contributed by atoms with Gasteiger partial charge in [-0.05, 0) is 89.9 Å². The minimum absolute atomic E-state index is 0.0575. The Balaban J connectivity index is 1.69. The van der Waals surface area contributed by atoms with Gasteiger partial charge in [0.1, 0.15) is 0 Å². The fraction of sp³-hybridized carbons (Fsp3) is 0.794. The molecule has 1 aliphatic carbocycles. The van der Waals surface area contributed by atoms with Crippen LogP contribution in [0.15, 0.2) is 35.5 Å². The van der Waals surface area contributed by atoms with E-state index in [1.807, 2.05) is 0 Å². The van der Waals surface area contributed by atoms with Gasteiger partial charge >= 0.3 is 5.97 Å². The monoisotopic (exact) mass is 560 g/mol. The minimum Gasteiger partial charge on any atom is -0.469 e. The van der Waals surface area contributed by atoms with Crippen LogP contribution in [-0.4, -0.2) is 51.1 Å². The van der Waals surface area contributed by atoms with Crippen molar-refractivity contribution in [2.45, 2.75) is 142 Å². The Kier molecular flexibility index (Phi) is 14.4. The van der Waals surface area contributed by atoms with Gasteiger partial charge in [-0.15, -0.1) is 0 Å². The molecule has 0 spiro atoms. The second-order valence-electron chi connectivity index (χ2n) is 12.7. The van der Waals surface area contributed by atoms with E-state index < -0.39 is 0 Å². The maximum absolute atomic E-state index is 11.4. The zero-order chi connectivity index (χ0) is 28.8. The molecule has 0 amide bonds. The Hall–Kier alpha value is -1.47. The van der Waals surface area contributed by atoms with Gasteiger partial charge in [0.25, 0.3) is 0 Å². The van der Waals surface area contributed by atoms with Crippen LogP contribution in [0.5, 0.6) is 0 Å². The van der Waals surface area contributed by atoms with Crippen LogP contribution in [0.1, 0.15) is 118 Å². The summed E-state index contributed by atoms with van der Waals surface area (Å²) >= 11 is 0. The number of hydrogen-bond acceptors (Lipinski definition) is 6. The van der Waals surface area contributed by atoms with Gasteiger partial charge in [-0.3, -0.25) is 4.79 Å². The van der Waals surface area contributed by atoms with Crippen molar-refractivity contribution < 1.29 is 28.5 Å². The van der Waals surface area contributed by atoms with Crippen LogP contribution in [0, 0.1) is 11.3 Å². The predicted octanol–water partition coefficient (Wildman–Crippen LogP) is 8.21. The van der Waals surface area contributed by atoms with Crippen molar-refractivity contribution in [2.75, 3.05) is 20.3 Å². The smallest absolute Gasteiger partial charge is 0.305 e. The second kappa shape index (κ2) is 17.5. The summed E-state index contributed by atoms with van der Waals surface area (Å²) in [7, 11) is 1.46. The molecule has 3 rings (SSSR count). The molecule has 6 nitrogen and oxygen atoms in total.